The van der Waals surface area contributed by atoms with Gasteiger partial charge in [0.15, 0.2) is 11.6 Å². The third kappa shape index (κ3) is 1.49. The maximum Gasteiger partial charge on any atom is 0.167 e. The lowest BCUT2D eigenvalue weighted by Gasteiger charge is -2.41. The fraction of sp³-hybridized carbons (Fsp3) is 0.455. The SMILES string of the molecule is NCC1(c2cc(O)c(F)cc2F)CCC1. The number of rotatable bonds is 2. The zero-order valence-electron chi connectivity index (χ0n) is 8.26. The molecule has 0 atom stereocenters. The van der Waals surface area contributed by atoms with Crippen LogP contribution < -0.4 is 5.73 Å². The normalized spacial score (nSPS) is 18.6. The van der Waals surface area contributed by atoms with Gasteiger partial charge in [-0.25, -0.2) is 8.78 Å². The van der Waals surface area contributed by atoms with Crippen LogP contribution in [-0.4, -0.2) is 11.7 Å². The first kappa shape index (κ1) is 10.4. The topological polar surface area (TPSA) is 46.2 Å². The minimum Gasteiger partial charge on any atom is -0.505 e. The molecule has 1 aliphatic carbocycles. The summed E-state index contributed by atoms with van der Waals surface area (Å²) in [6, 6.07) is 1.89. The standard InChI is InChI=1S/C11H13F2NO/c12-8-5-9(13)10(15)4-7(8)11(6-14)2-1-3-11/h4-5,15H,1-3,6,14H2. The predicted molar refractivity (Wildman–Crippen MR) is 52.6 cm³/mol. The predicted octanol–water partition coefficient (Wildman–Crippen LogP) is 2.05. The molecule has 1 fully saturated rings. The van der Waals surface area contributed by atoms with Crippen LogP contribution in [0, 0.1) is 11.6 Å². The van der Waals surface area contributed by atoms with Gasteiger partial charge in [0.05, 0.1) is 0 Å². The van der Waals surface area contributed by atoms with Gasteiger partial charge in [-0.05, 0) is 24.5 Å². The summed E-state index contributed by atoms with van der Waals surface area (Å²) < 4.78 is 26.4. The van der Waals surface area contributed by atoms with Crippen LogP contribution >= 0.6 is 0 Å². The molecule has 0 heterocycles. The van der Waals surface area contributed by atoms with E-state index in [1.165, 1.54) is 0 Å². The van der Waals surface area contributed by atoms with Gasteiger partial charge in [-0.15, -0.1) is 0 Å². The molecule has 2 rings (SSSR count). The van der Waals surface area contributed by atoms with Crippen molar-refractivity contribution in [3.8, 4) is 5.75 Å². The van der Waals surface area contributed by atoms with Gasteiger partial charge in [-0.3, -0.25) is 0 Å². The Bertz CT molecular complexity index is 383. The molecule has 0 spiro atoms. The van der Waals surface area contributed by atoms with Gasteiger partial charge in [0.25, 0.3) is 0 Å². The molecule has 1 aromatic carbocycles. The summed E-state index contributed by atoms with van der Waals surface area (Å²) in [5, 5.41) is 9.22. The maximum absolute atomic E-state index is 13.5. The highest BCUT2D eigenvalue weighted by atomic mass is 19.1. The van der Waals surface area contributed by atoms with E-state index in [1.54, 1.807) is 0 Å². The molecule has 3 N–H and O–H groups in total. The fourth-order valence-electron chi connectivity index (χ4n) is 2.13. The molecule has 0 amide bonds. The fourth-order valence-corrected chi connectivity index (χ4v) is 2.13. The van der Waals surface area contributed by atoms with E-state index in [2.05, 4.69) is 0 Å². The molecule has 1 aliphatic rings. The molecule has 1 aromatic rings. The zero-order valence-corrected chi connectivity index (χ0v) is 8.26. The van der Waals surface area contributed by atoms with Crippen molar-refractivity contribution in [1.29, 1.82) is 0 Å². The molecule has 0 aromatic heterocycles. The lowest BCUT2D eigenvalue weighted by Crippen LogP contribution is -2.42. The number of hydrogen-bond donors (Lipinski definition) is 2. The Hall–Kier alpha value is -1.16. The number of aromatic hydroxyl groups is 1. The minimum atomic E-state index is -0.928. The molecule has 0 unspecified atom stereocenters. The van der Waals surface area contributed by atoms with E-state index in [0.717, 1.165) is 31.4 Å². The number of nitrogens with two attached hydrogens (primary N) is 1. The molecule has 1 saturated carbocycles. The molecule has 82 valence electrons. The highest BCUT2D eigenvalue weighted by Gasteiger charge is 2.39. The molecule has 0 saturated heterocycles. The Morgan fingerprint density at radius 1 is 1.27 bits per heavy atom. The summed E-state index contributed by atoms with van der Waals surface area (Å²) in [4.78, 5) is 0. The van der Waals surface area contributed by atoms with Crippen LogP contribution in [0.3, 0.4) is 0 Å². The molecule has 15 heavy (non-hydrogen) atoms. The number of phenols is 1. The van der Waals surface area contributed by atoms with Crippen molar-refractivity contribution < 1.29 is 13.9 Å². The zero-order chi connectivity index (χ0) is 11.1. The van der Waals surface area contributed by atoms with Gasteiger partial charge in [0.1, 0.15) is 5.82 Å². The molecule has 0 bridgehead atoms. The van der Waals surface area contributed by atoms with Crippen LogP contribution in [0.5, 0.6) is 5.75 Å². The first-order valence-corrected chi connectivity index (χ1v) is 4.98. The van der Waals surface area contributed by atoms with Crippen LogP contribution in [-0.2, 0) is 5.41 Å². The number of hydrogen-bond acceptors (Lipinski definition) is 2. The van der Waals surface area contributed by atoms with Crippen LogP contribution in [0.4, 0.5) is 8.78 Å². The van der Waals surface area contributed by atoms with Crippen LogP contribution in [0.15, 0.2) is 12.1 Å². The maximum atomic E-state index is 13.5. The number of phenolic OH excluding ortho intramolecular Hbond substituents is 1. The molecule has 0 aliphatic heterocycles. The summed E-state index contributed by atoms with van der Waals surface area (Å²) in [6.45, 7) is 0.328. The van der Waals surface area contributed by atoms with Gasteiger partial charge < -0.3 is 10.8 Å². The van der Waals surface area contributed by atoms with E-state index in [4.69, 9.17) is 5.73 Å². The number of halogens is 2. The second-order valence-electron chi connectivity index (χ2n) is 4.12. The van der Waals surface area contributed by atoms with Gasteiger partial charge >= 0.3 is 0 Å². The Morgan fingerprint density at radius 3 is 2.40 bits per heavy atom. The van der Waals surface area contributed by atoms with Crippen molar-refractivity contribution in [2.75, 3.05) is 6.54 Å². The van der Waals surface area contributed by atoms with E-state index >= 15 is 0 Å². The van der Waals surface area contributed by atoms with Gasteiger partial charge in [0.2, 0.25) is 0 Å². The molecule has 2 nitrogen and oxygen atoms in total. The lowest BCUT2D eigenvalue weighted by atomic mass is 9.64. The first-order valence-electron chi connectivity index (χ1n) is 4.98. The quantitative estimate of drug-likeness (QED) is 0.789. The molecular formula is C11H13F2NO. The summed E-state index contributed by atoms with van der Waals surface area (Å²) in [7, 11) is 0. The van der Waals surface area contributed by atoms with E-state index in [1.807, 2.05) is 0 Å². The van der Waals surface area contributed by atoms with Gasteiger partial charge in [0, 0.05) is 18.0 Å². The first-order chi connectivity index (χ1) is 7.09. The van der Waals surface area contributed by atoms with E-state index in [-0.39, 0.29) is 0 Å². The molecule has 4 heteroatoms. The van der Waals surface area contributed by atoms with Crippen LogP contribution in [0.1, 0.15) is 24.8 Å². The Balaban J connectivity index is 2.47. The van der Waals surface area contributed by atoms with Crippen molar-refractivity contribution in [3.05, 3.63) is 29.3 Å². The van der Waals surface area contributed by atoms with Crippen LogP contribution in [0.2, 0.25) is 0 Å². The summed E-state index contributed by atoms with van der Waals surface area (Å²) in [6.07, 6.45) is 2.59. The van der Waals surface area contributed by atoms with Gasteiger partial charge in [-0.2, -0.15) is 0 Å². The van der Waals surface area contributed by atoms with Crippen molar-refractivity contribution in [1.82, 2.24) is 0 Å². The second-order valence-corrected chi connectivity index (χ2v) is 4.12. The largest absolute Gasteiger partial charge is 0.505 e. The summed E-state index contributed by atoms with van der Waals surface area (Å²) >= 11 is 0. The number of benzene rings is 1. The summed E-state index contributed by atoms with van der Waals surface area (Å²) in [5.74, 6) is -2.05. The minimum absolute atomic E-state index is 0.328. The third-order valence-electron chi connectivity index (χ3n) is 3.31. The highest BCUT2D eigenvalue weighted by molar-refractivity contribution is 5.37. The van der Waals surface area contributed by atoms with Crippen molar-refractivity contribution >= 4 is 0 Å². The monoisotopic (exact) mass is 213 g/mol. The smallest absolute Gasteiger partial charge is 0.167 e. The van der Waals surface area contributed by atoms with E-state index < -0.39 is 22.8 Å². The average molecular weight is 213 g/mol. The highest BCUT2D eigenvalue weighted by Crippen LogP contribution is 2.44. The molecule has 0 radical (unpaired) electrons. The van der Waals surface area contributed by atoms with Crippen molar-refractivity contribution in [2.24, 2.45) is 5.73 Å². The van der Waals surface area contributed by atoms with E-state index in [0.29, 0.717) is 12.1 Å². The Labute approximate surface area is 86.7 Å². The summed E-state index contributed by atoms with van der Waals surface area (Å²) in [5.41, 5.74) is 5.56. The van der Waals surface area contributed by atoms with Gasteiger partial charge in [-0.1, -0.05) is 6.42 Å². The van der Waals surface area contributed by atoms with Crippen LogP contribution in [0.25, 0.3) is 0 Å². The third-order valence-corrected chi connectivity index (χ3v) is 3.31. The van der Waals surface area contributed by atoms with E-state index in [9.17, 15) is 13.9 Å². The molecular weight excluding hydrogens is 200 g/mol. The van der Waals surface area contributed by atoms with Crippen molar-refractivity contribution in [2.45, 2.75) is 24.7 Å². The van der Waals surface area contributed by atoms with Crippen molar-refractivity contribution in [3.63, 3.8) is 0 Å². The Morgan fingerprint density at radius 2 is 1.93 bits per heavy atom. The Kier molecular flexibility index (Phi) is 2.38. The second kappa shape index (κ2) is 3.45. The average Bonchev–Trinajstić information content (AvgIpc) is 2.12. The lowest BCUT2D eigenvalue weighted by molar-refractivity contribution is 0.243.